The molecule has 0 spiro atoms. The van der Waals surface area contributed by atoms with Crippen molar-refractivity contribution in [2.45, 2.75) is 25.6 Å². The van der Waals surface area contributed by atoms with Gasteiger partial charge in [0.15, 0.2) is 5.75 Å². The van der Waals surface area contributed by atoms with E-state index in [9.17, 15) is 13.2 Å². The van der Waals surface area contributed by atoms with Gasteiger partial charge in [0, 0.05) is 13.0 Å². The van der Waals surface area contributed by atoms with Gasteiger partial charge in [0.25, 0.3) is 0 Å². The van der Waals surface area contributed by atoms with Gasteiger partial charge < -0.3 is 10.1 Å². The molecule has 1 aromatic rings. The molecule has 0 saturated carbocycles. The number of halogens is 3. The van der Waals surface area contributed by atoms with Crippen molar-refractivity contribution in [3.05, 3.63) is 24.3 Å². The number of nitrogens with one attached hydrogen (secondary N) is 1. The van der Waals surface area contributed by atoms with Gasteiger partial charge in [-0.15, -0.1) is 13.2 Å². The van der Waals surface area contributed by atoms with E-state index < -0.39 is 6.36 Å². The summed E-state index contributed by atoms with van der Waals surface area (Å²) in [5.41, 5.74) is 0.287. The van der Waals surface area contributed by atoms with E-state index in [4.69, 9.17) is 0 Å². The third-order valence-corrected chi connectivity index (χ3v) is 2.52. The Bertz CT molecular complexity index is 443. The fraction of sp³-hybridized carbons (Fsp3) is 0.417. The summed E-state index contributed by atoms with van der Waals surface area (Å²) < 4.78 is 40.6. The van der Waals surface area contributed by atoms with Gasteiger partial charge in [0.05, 0.1) is 5.69 Å². The van der Waals surface area contributed by atoms with Crippen molar-refractivity contribution in [1.82, 2.24) is 0 Å². The number of rotatable bonds is 2. The number of aliphatic imine (C=N–C) groups is 1. The Morgan fingerprint density at radius 3 is 2.61 bits per heavy atom. The molecule has 0 atom stereocenters. The van der Waals surface area contributed by atoms with E-state index in [-0.39, 0.29) is 11.4 Å². The van der Waals surface area contributed by atoms with Crippen LogP contribution in [0.5, 0.6) is 5.75 Å². The van der Waals surface area contributed by atoms with Crippen molar-refractivity contribution in [2.75, 3.05) is 11.9 Å². The molecule has 0 saturated heterocycles. The second-order valence-corrected chi connectivity index (χ2v) is 3.95. The van der Waals surface area contributed by atoms with Crippen LogP contribution in [0.4, 0.5) is 18.9 Å². The summed E-state index contributed by atoms with van der Waals surface area (Å²) in [4.78, 5) is 4.23. The molecule has 0 bridgehead atoms. The van der Waals surface area contributed by atoms with Crippen LogP contribution in [0.2, 0.25) is 0 Å². The quantitative estimate of drug-likeness (QED) is 0.879. The van der Waals surface area contributed by atoms with Gasteiger partial charge in [0.1, 0.15) is 5.84 Å². The summed E-state index contributed by atoms with van der Waals surface area (Å²) in [5, 5.41) is 2.90. The number of para-hydroxylation sites is 2. The monoisotopic (exact) mass is 258 g/mol. The minimum atomic E-state index is -4.69. The molecule has 1 aliphatic heterocycles. The Kier molecular flexibility index (Phi) is 3.74. The third-order valence-electron chi connectivity index (χ3n) is 2.52. The van der Waals surface area contributed by atoms with Crippen LogP contribution in [-0.2, 0) is 0 Å². The van der Waals surface area contributed by atoms with E-state index in [2.05, 4.69) is 15.0 Å². The Balaban J connectivity index is 2.14. The highest BCUT2D eigenvalue weighted by molar-refractivity contribution is 5.96. The fourth-order valence-corrected chi connectivity index (χ4v) is 1.74. The summed E-state index contributed by atoms with van der Waals surface area (Å²) in [5.74, 6) is 0.470. The third kappa shape index (κ3) is 3.65. The first-order valence-electron chi connectivity index (χ1n) is 5.70. The molecule has 0 unspecified atom stereocenters. The lowest BCUT2D eigenvalue weighted by Gasteiger charge is -2.17. The maximum absolute atomic E-state index is 12.2. The molecule has 0 amide bonds. The molecule has 0 aromatic heterocycles. The number of ether oxygens (including phenoxy) is 1. The van der Waals surface area contributed by atoms with E-state index in [1.807, 2.05) is 0 Å². The zero-order valence-corrected chi connectivity index (χ0v) is 9.63. The first-order valence-corrected chi connectivity index (χ1v) is 5.70. The van der Waals surface area contributed by atoms with Crippen LogP contribution in [0.1, 0.15) is 19.3 Å². The molecule has 0 radical (unpaired) electrons. The number of benzene rings is 1. The van der Waals surface area contributed by atoms with Crippen molar-refractivity contribution < 1.29 is 17.9 Å². The molecular formula is C12H13F3N2O. The average Bonchev–Trinajstić information content (AvgIpc) is 2.31. The first-order chi connectivity index (χ1) is 8.54. The van der Waals surface area contributed by atoms with Crippen molar-refractivity contribution in [1.29, 1.82) is 0 Å². The van der Waals surface area contributed by atoms with E-state index in [0.29, 0.717) is 12.4 Å². The fourth-order valence-electron chi connectivity index (χ4n) is 1.74. The summed E-state index contributed by atoms with van der Waals surface area (Å²) >= 11 is 0. The van der Waals surface area contributed by atoms with Gasteiger partial charge in [0.2, 0.25) is 0 Å². The predicted octanol–water partition coefficient (Wildman–Crippen LogP) is 3.58. The molecule has 1 aromatic carbocycles. The van der Waals surface area contributed by atoms with Crippen LogP contribution in [0.15, 0.2) is 29.3 Å². The van der Waals surface area contributed by atoms with Gasteiger partial charge in [-0.2, -0.15) is 0 Å². The van der Waals surface area contributed by atoms with Crippen molar-refractivity contribution in [3.8, 4) is 5.75 Å². The Morgan fingerprint density at radius 1 is 1.17 bits per heavy atom. The maximum Gasteiger partial charge on any atom is 0.573 e. The molecular weight excluding hydrogens is 245 g/mol. The van der Waals surface area contributed by atoms with E-state index >= 15 is 0 Å². The normalized spacial score (nSPS) is 16.1. The molecule has 1 N–H and O–H groups in total. The molecule has 0 fully saturated rings. The topological polar surface area (TPSA) is 33.6 Å². The van der Waals surface area contributed by atoms with E-state index in [1.54, 1.807) is 6.07 Å². The molecule has 1 heterocycles. The Hall–Kier alpha value is -1.72. The lowest BCUT2D eigenvalue weighted by atomic mass is 10.1. The van der Waals surface area contributed by atoms with Crippen LogP contribution in [0.25, 0.3) is 0 Å². The van der Waals surface area contributed by atoms with Gasteiger partial charge in [-0.1, -0.05) is 12.1 Å². The number of hydrogen-bond acceptors (Lipinski definition) is 3. The highest BCUT2D eigenvalue weighted by Crippen LogP contribution is 2.30. The van der Waals surface area contributed by atoms with Gasteiger partial charge >= 0.3 is 6.36 Å². The predicted molar refractivity (Wildman–Crippen MR) is 62.9 cm³/mol. The van der Waals surface area contributed by atoms with Crippen LogP contribution in [0, 0.1) is 0 Å². The van der Waals surface area contributed by atoms with E-state index in [0.717, 1.165) is 19.3 Å². The summed E-state index contributed by atoms with van der Waals surface area (Å²) in [6.07, 6.45) is -1.92. The second kappa shape index (κ2) is 5.29. The van der Waals surface area contributed by atoms with Crippen molar-refractivity contribution in [3.63, 3.8) is 0 Å². The van der Waals surface area contributed by atoms with Gasteiger partial charge in [-0.05, 0) is 25.0 Å². The van der Waals surface area contributed by atoms with Gasteiger partial charge in [-0.3, -0.25) is 4.99 Å². The molecule has 2 rings (SSSR count). The molecule has 3 nitrogen and oxygen atoms in total. The number of alkyl halides is 3. The number of nitrogens with zero attached hydrogens (tertiary/aromatic N) is 1. The standard InChI is InChI=1S/C12H13F3N2O/c13-12(14,15)18-10-6-2-1-5-9(10)17-11-7-3-4-8-16-11/h1-2,5-6H,3-4,7-8H2,(H,16,17). The molecule has 6 heteroatoms. The highest BCUT2D eigenvalue weighted by atomic mass is 19.4. The highest BCUT2D eigenvalue weighted by Gasteiger charge is 2.32. The smallest absolute Gasteiger partial charge is 0.404 e. The molecule has 18 heavy (non-hydrogen) atoms. The minimum absolute atomic E-state index is 0.238. The average molecular weight is 258 g/mol. The maximum atomic E-state index is 12.2. The number of hydrogen-bond donors (Lipinski definition) is 1. The van der Waals surface area contributed by atoms with Crippen LogP contribution >= 0.6 is 0 Å². The van der Waals surface area contributed by atoms with Crippen LogP contribution in [0.3, 0.4) is 0 Å². The number of amidine groups is 1. The lowest BCUT2D eigenvalue weighted by Crippen LogP contribution is -2.20. The minimum Gasteiger partial charge on any atom is -0.404 e. The number of anilines is 1. The summed E-state index contributed by atoms with van der Waals surface area (Å²) in [7, 11) is 0. The summed E-state index contributed by atoms with van der Waals surface area (Å²) in [6, 6.07) is 5.96. The molecule has 98 valence electrons. The zero-order chi connectivity index (χ0) is 13.0. The van der Waals surface area contributed by atoms with E-state index in [1.165, 1.54) is 18.2 Å². The second-order valence-electron chi connectivity index (χ2n) is 3.95. The van der Waals surface area contributed by atoms with Crippen molar-refractivity contribution in [2.24, 2.45) is 4.99 Å². The van der Waals surface area contributed by atoms with Crippen molar-refractivity contribution >= 4 is 11.5 Å². The van der Waals surface area contributed by atoms with Crippen LogP contribution in [-0.4, -0.2) is 18.7 Å². The van der Waals surface area contributed by atoms with Crippen LogP contribution < -0.4 is 10.1 Å². The summed E-state index contributed by atoms with van der Waals surface area (Å²) in [6.45, 7) is 0.713. The zero-order valence-electron chi connectivity index (χ0n) is 9.63. The van der Waals surface area contributed by atoms with Gasteiger partial charge in [-0.25, -0.2) is 0 Å². The molecule has 1 aliphatic rings. The largest absolute Gasteiger partial charge is 0.573 e. The first kappa shape index (κ1) is 12.7. The lowest BCUT2D eigenvalue weighted by molar-refractivity contribution is -0.274. The SMILES string of the molecule is FC(F)(F)Oc1ccccc1NC1=NCCCC1. The molecule has 0 aliphatic carbocycles. The Labute approximate surface area is 103 Å². The Morgan fingerprint density at radius 2 is 1.94 bits per heavy atom.